The first-order valence-electron chi connectivity index (χ1n) is 8.45. The van der Waals surface area contributed by atoms with Gasteiger partial charge in [0.05, 0.1) is 18.7 Å². The summed E-state index contributed by atoms with van der Waals surface area (Å²) in [6, 6.07) is 7.74. The van der Waals surface area contributed by atoms with Gasteiger partial charge in [0.15, 0.2) is 0 Å². The van der Waals surface area contributed by atoms with E-state index in [4.69, 9.17) is 4.52 Å². The molecule has 0 radical (unpaired) electrons. The molecule has 2 aromatic rings. The lowest BCUT2D eigenvalue weighted by Gasteiger charge is -2.29. The molecule has 1 fully saturated rings. The van der Waals surface area contributed by atoms with E-state index in [0.717, 1.165) is 11.1 Å². The Morgan fingerprint density at radius 2 is 2.23 bits per heavy atom. The van der Waals surface area contributed by atoms with Gasteiger partial charge in [0.1, 0.15) is 0 Å². The monoisotopic (exact) mass is 378 g/mol. The third-order valence-electron chi connectivity index (χ3n) is 4.38. The van der Waals surface area contributed by atoms with E-state index in [2.05, 4.69) is 15.5 Å². The van der Waals surface area contributed by atoms with Crippen LogP contribution in [0.25, 0.3) is 11.4 Å². The summed E-state index contributed by atoms with van der Waals surface area (Å²) in [6.45, 7) is 2.77. The molecule has 1 aromatic carbocycles. The highest BCUT2D eigenvalue weighted by atomic mass is 32.2. The SMILES string of the molecule is Cc1cccc(-c2noc(CNC(=O)[C@@H]3CCCN(S(C)(=O)=O)C3)n2)c1. The highest BCUT2D eigenvalue weighted by Crippen LogP contribution is 2.19. The van der Waals surface area contributed by atoms with Crippen LogP contribution < -0.4 is 5.32 Å². The largest absolute Gasteiger partial charge is 0.347 e. The number of carbonyl (C=O) groups is 1. The zero-order valence-electron chi connectivity index (χ0n) is 14.8. The van der Waals surface area contributed by atoms with E-state index < -0.39 is 10.0 Å². The number of rotatable bonds is 5. The Morgan fingerprint density at radius 1 is 1.42 bits per heavy atom. The minimum Gasteiger partial charge on any atom is -0.347 e. The van der Waals surface area contributed by atoms with Crippen LogP contribution in [-0.4, -0.2) is 48.1 Å². The number of aromatic nitrogens is 2. The first-order valence-corrected chi connectivity index (χ1v) is 10.3. The molecule has 140 valence electrons. The van der Waals surface area contributed by atoms with Gasteiger partial charge >= 0.3 is 0 Å². The van der Waals surface area contributed by atoms with E-state index in [1.54, 1.807) is 0 Å². The van der Waals surface area contributed by atoms with Crippen molar-refractivity contribution in [1.29, 1.82) is 0 Å². The number of nitrogens with zero attached hydrogens (tertiary/aromatic N) is 3. The van der Waals surface area contributed by atoms with Crippen molar-refractivity contribution in [3.63, 3.8) is 0 Å². The maximum absolute atomic E-state index is 12.3. The average molecular weight is 378 g/mol. The number of amides is 1. The molecule has 0 unspecified atom stereocenters. The van der Waals surface area contributed by atoms with Gasteiger partial charge in [0, 0.05) is 18.7 Å². The number of hydrogen-bond donors (Lipinski definition) is 1. The Balaban J connectivity index is 1.58. The Hall–Kier alpha value is -2.26. The first-order chi connectivity index (χ1) is 12.3. The second kappa shape index (κ2) is 7.55. The van der Waals surface area contributed by atoms with Crippen LogP contribution in [-0.2, 0) is 21.4 Å². The van der Waals surface area contributed by atoms with Gasteiger partial charge in [-0.3, -0.25) is 4.79 Å². The maximum atomic E-state index is 12.3. The summed E-state index contributed by atoms with van der Waals surface area (Å²) in [7, 11) is -3.28. The molecule has 9 heteroatoms. The quantitative estimate of drug-likeness (QED) is 0.841. The van der Waals surface area contributed by atoms with E-state index in [9.17, 15) is 13.2 Å². The fraction of sp³-hybridized carbons (Fsp3) is 0.471. The zero-order valence-corrected chi connectivity index (χ0v) is 15.6. The zero-order chi connectivity index (χ0) is 18.7. The van der Waals surface area contributed by atoms with Gasteiger partial charge < -0.3 is 9.84 Å². The molecule has 0 spiro atoms. The smallest absolute Gasteiger partial charge is 0.246 e. The molecule has 8 nitrogen and oxygen atoms in total. The number of benzene rings is 1. The summed E-state index contributed by atoms with van der Waals surface area (Å²) < 4.78 is 29.9. The van der Waals surface area contributed by atoms with Crippen molar-refractivity contribution in [2.45, 2.75) is 26.3 Å². The van der Waals surface area contributed by atoms with Crippen LogP contribution >= 0.6 is 0 Å². The Labute approximate surface area is 152 Å². The van der Waals surface area contributed by atoms with Crippen molar-refractivity contribution in [3.05, 3.63) is 35.7 Å². The van der Waals surface area contributed by atoms with Crippen LogP contribution in [0, 0.1) is 12.8 Å². The molecule has 0 saturated carbocycles. The highest BCUT2D eigenvalue weighted by molar-refractivity contribution is 7.88. The minimum atomic E-state index is -3.28. The summed E-state index contributed by atoms with van der Waals surface area (Å²) >= 11 is 0. The predicted molar refractivity (Wildman–Crippen MR) is 95.5 cm³/mol. The minimum absolute atomic E-state index is 0.118. The van der Waals surface area contributed by atoms with Crippen LogP contribution in [0.5, 0.6) is 0 Å². The number of sulfonamides is 1. The number of hydrogen-bond acceptors (Lipinski definition) is 6. The molecule has 1 amide bonds. The molecule has 1 atom stereocenters. The van der Waals surface area contributed by atoms with E-state index in [0.29, 0.717) is 31.1 Å². The second-order valence-corrected chi connectivity index (χ2v) is 8.54. The van der Waals surface area contributed by atoms with Crippen molar-refractivity contribution in [1.82, 2.24) is 19.8 Å². The summed E-state index contributed by atoms with van der Waals surface area (Å²) in [5.41, 5.74) is 1.94. The van der Waals surface area contributed by atoms with Gasteiger partial charge in [-0.1, -0.05) is 28.9 Å². The van der Waals surface area contributed by atoms with Crippen molar-refractivity contribution in [3.8, 4) is 11.4 Å². The molecular weight excluding hydrogens is 356 g/mol. The summed E-state index contributed by atoms with van der Waals surface area (Å²) in [6.07, 6.45) is 2.50. The molecule has 1 aliphatic heterocycles. The van der Waals surface area contributed by atoms with E-state index >= 15 is 0 Å². The van der Waals surface area contributed by atoms with Crippen molar-refractivity contribution >= 4 is 15.9 Å². The van der Waals surface area contributed by atoms with Gasteiger partial charge in [-0.2, -0.15) is 4.98 Å². The topological polar surface area (TPSA) is 105 Å². The van der Waals surface area contributed by atoms with Gasteiger partial charge in [-0.25, -0.2) is 12.7 Å². The Bertz CT molecular complexity index is 894. The first kappa shape index (κ1) is 18.5. The molecule has 1 aromatic heterocycles. The van der Waals surface area contributed by atoms with E-state index in [-0.39, 0.29) is 24.9 Å². The molecule has 1 aliphatic rings. The van der Waals surface area contributed by atoms with Crippen LogP contribution in [0.3, 0.4) is 0 Å². The van der Waals surface area contributed by atoms with Crippen LogP contribution in [0.1, 0.15) is 24.3 Å². The summed E-state index contributed by atoms with van der Waals surface area (Å²) in [4.78, 5) is 16.6. The van der Waals surface area contributed by atoms with Crippen LogP contribution in [0.2, 0.25) is 0 Å². The van der Waals surface area contributed by atoms with E-state index in [1.165, 1.54) is 10.6 Å². The molecule has 26 heavy (non-hydrogen) atoms. The van der Waals surface area contributed by atoms with Crippen molar-refractivity contribution < 1.29 is 17.7 Å². The third kappa shape index (κ3) is 4.47. The fourth-order valence-corrected chi connectivity index (χ4v) is 3.90. The lowest BCUT2D eigenvalue weighted by Crippen LogP contribution is -2.44. The third-order valence-corrected chi connectivity index (χ3v) is 5.65. The molecule has 1 N–H and O–H groups in total. The van der Waals surface area contributed by atoms with Gasteiger partial charge in [0.25, 0.3) is 0 Å². The van der Waals surface area contributed by atoms with E-state index in [1.807, 2.05) is 31.2 Å². The van der Waals surface area contributed by atoms with Crippen LogP contribution in [0.15, 0.2) is 28.8 Å². The van der Waals surface area contributed by atoms with Gasteiger partial charge in [-0.15, -0.1) is 0 Å². The molecule has 3 rings (SSSR count). The highest BCUT2D eigenvalue weighted by Gasteiger charge is 2.30. The fourth-order valence-electron chi connectivity index (χ4n) is 2.99. The number of piperidine rings is 1. The standard InChI is InChI=1S/C17H22N4O4S/c1-12-5-3-6-13(9-12)16-19-15(25-20-16)10-18-17(22)14-7-4-8-21(11-14)26(2,23)24/h3,5-6,9,14H,4,7-8,10-11H2,1-2H3,(H,18,22)/t14-/m1/s1. The normalized spacial score (nSPS) is 18.6. The average Bonchev–Trinajstić information content (AvgIpc) is 3.08. The predicted octanol–water partition coefficient (Wildman–Crippen LogP) is 1.33. The number of nitrogens with one attached hydrogen (secondary N) is 1. The second-order valence-electron chi connectivity index (χ2n) is 6.56. The van der Waals surface area contributed by atoms with Gasteiger partial charge in [0.2, 0.25) is 27.6 Å². The molecule has 2 heterocycles. The van der Waals surface area contributed by atoms with Crippen LogP contribution in [0.4, 0.5) is 0 Å². The number of carbonyl (C=O) groups excluding carboxylic acids is 1. The Morgan fingerprint density at radius 3 is 2.96 bits per heavy atom. The summed E-state index contributed by atoms with van der Waals surface area (Å²) in [5, 5.41) is 6.70. The molecule has 1 saturated heterocycles. The van der Waals surface area contributed by atoms with Crippen molar-refractivity contribution in [2.75, 3.05) is 19.3 Å². The molecule has 0 aliphatic carbocycles. The molecule has 0 bridgehead atoms. The van der Waals surface area contributed by atoms with Gasteiger partial charge in [-0.05, 0) is 25.8 Å². The lowest BCUT2D eigenvalue weighted by molar-refractivity contribution is -0.126. The lowest BCUT2D eigenvalue weighted by atomic mass is 9.99. The van der Waals surface area contributed by atoms with Crippen molar-refractivity contribution in [2.24, 2.45) is 5.92 Å². The molecular formula is C17H22N4O4S. The maximum Gasteiger partial charge on any atom is 0.246 e. The number of aryl methyl sites for hydroxylation is 1. The summed E-state index contributed by atoms with van der Waals surface area (Å²) in [5.74, 6) is 0.218. The Kier molecular flexibility index (Phi) is 5.38.